The predicted molar refractivity (Wildman–Crippen MR) is 76.7 cm³/mol. The predicted octanol–water partition coefficient (Wildman–Crippen LogP) is 3.55. The summed E-state index contributed by atoms with van der Waals surface area (Å²) in [6.45, 7) is 1.78. The van der Waals surface area contributed by atoms with Crippen LogP contribution in [0, 0.1) is 6.92 Å². The fourth-order valence-electron chi connectivity index (χ4n) is 1.83. The van der Waals surface area contributed by atoms with Crippen LogP contribution in [-0.4, -0.2) is 11.0 Å². The highest BCUT2D eigenvalue weighted by atomic mass is 19.4. The number of nitrogen functional groups attached to an aromatic ring is 1. The Kier molecular flexibility index (Phi) is 3.99. The summed E-state index contributed by atoms with van der Waals surface area (Å²) in [7, 11) is 0. The van der Waals surface area contributed by atoms with E-state index in [1.165, 1.54) is 6.07 Å². The van der Waals surface area contributed by atoms with Crippen LogP contribution in [0.1, 0.15) is 21.5 Å². The Balaban J connectivity index is 2.29. The molecular formula is C15H13F3N2O2. The van der Waals surface area contributed by atoms with Crippen LogP contribution in [0.2, 0.25) is 0 Å². The molecule has 2 aromatic carbocycles. The Hall–Kier alpha value is -2.70. The van der Waals surface area contributed by atoms with Crippen LogP contribution in [0.3, 0.4) is 0 Å². The van der Waals surface area contributed by atoms with Crippen molar-refractivity contribution >= 4 is 17.3 Å². The molecule has 4 nitrogen and oxygen atoms in total. The van der Waals surface area contributed by atoms with Crippen molar-refractivity contribution in [2.24, 2.45) is 0 Å². The number of hydrogen-bond donors (Lipinski definition) is 3. The van der Waals surface area contributed by atoms with E-state index in [0.717, 1.165) is 11.6 Å². The molecule has 0 saturated carbocycles. The number of phenolic OH excluding ortho intramolecular Hbond substituents is 1. The molecule has 116 valence electrons. The molecule has 4 N–H and O–H groups in total. The highest BCUT2D eigenvalue weighted by Crippen LogP contribution is 2.32. The zero-order chi connectivity index (χ0) is 16.5. The minimum Gasteiger partial charge on any atom is -0.508 e. The van der Waals surface area contributed by atoms with Crippen molar-refractivity contribution in [3.8, 4) is 5.75 Å². The van der Waals surface area contributed by atoms with Gasteiger partial charge in [-0.15, -0.1) is 0 Å². The number of aromatic hydroxyl groups is 1. The van der Waals surface area contributed by atoms with Crippen molar-refractivity contribution in [2.45, 2.75) is 13.1 Å². The van der Waals surface area contributed by atoms with Gasteiger partial charge in [0, 0.05) is 16.9 Å². The lowest BCUT2D eigenvalue weighted by molar-refractivity contribution is -0.137. The Morgan fingerprint density at radius 1 is 1.18 bits per heavy atom. The zero-order valence-corrected chi connectivity index (χ0v) is 11.5. The van der Waals surface area contributed by atoms with Crippen molar-refractivity contribution in [3.63, 3.8) is 0 Å². The molecule has 0 saturated heterocycles. The smallest absolute Gasteiger partial charge is 0.416 e. The van der Waals surface area contributed by atoms with Gasteiger partial charge in [0.05, 0.1) is 5.56 Å². The van der Waals surface area contributed by atoms with E-state index in [-0.39, 0.29) is 5.56 Å². The number of anilines is 2. The second-order valence-electron chi connectivity index (χ2n) is 4.79. The van der Waals surface area contributed by atoms with Gasteiger partial charge in [0.15, 0.2) is 0 Å². The summed E-state index contributed by atoms with van der Waals surface area (Å²) in [5.74, 6) is -1.41. The third kappa shape index (κ3) is 3.49. The van der Waals surface area contributed by atoms with Crippen LogP contribution in [0.25, 0.3) is 0 Å². The average Bonchev–Trinajstić information content (AvgIpc) is 2.41. The van der Waals surface area contributed by atoms with E-state index in [1.54, 1.807) is 19.1 Å². The summed E-state index contributed by atoms with van der Waals surface area (Å²) in [6, 6.07) is 6.95. The van der Waals surface area contributed by atoms with Gasteiger partial charge in [-0.3, -0.25) is 4.79 Å². The number of phenols is 1. The van der Waals surface area contributed by atoms with Crippen LogP contribution in [0.5, 0.6) is 5.75 Å². The summed E-state index contributed by atoms with van der Waals surface area (Å²) in [5.41, 5.74) is 5.92. The maximum absolute atomic E-state index is 12.7. The van der Waals surface area contributed by atoms with Crippen LogP contribution >= 0.6 is 0 Å². The molecule has 0 radical (unpaired) electrons. The first-order valence-corrected chi connectivity index (χ1v) is 6.25. The number of nitrogens with one attached hydrogen (secondary N) is 1. The van der Waals surface area contributed by atoms with Crippen molar-refractivity contribution in [2.75, 3.05) is 11.1 Å². The standard InChI is InChI=1S/C15H13F3N2O2/c1-8-2-3-11(7-13(8)19)20-14(22)9-4-10(15(16,17)18)6-12(21)5-9/h2-7,21H,19H2,1H3,(H,20,22). The van der Waals surface area contributed by atoms with Gasteiger partial charge in [0.25, 0.3) is 5.91 Å². The first-order valence-electron chi connectivity index (χ1n) is 6.25. The molecule has 2 rings (SSSR count). The van der Waals surface area contributed by atoms with Gasteiger partial charge in [0.2, 0.25) is 0 Å². The number of benzene rings is 2. The van der Waals surface area contributed by atoms with E-state index in [0.29, 0.717) is 23.5 Å². The molecule has 0 bridgehead atoms. The number of carbonyl (C=O) groups excluding carboxylic acids is 1. The van der Waals surface area contributed by atoms with Crippen LogP contribution in [-0.2, 0) is 6.18 Å². The summed E-state index contributed by atoms with van der Waals surface area (Å²) in [4.78, 5) is 12.0. The number of halogens is 3. The van der Waals surface area contributed by atoms with Gasteiger partial charge in [0.1, 0.15) is 5.75 Å². The van der Waals surface area contributed by atoms with Crippen LogP contribution < -0.4 is 11.1 Å². The zero-order valence-electron chi connectivity index (χ0n) is 11.5. The molecule has 2 aromatic rings. The Morgan fingerprint density at radius 3 is 2.45 bits per heavy atom. The molecule has 0 aliphatic carbocycles. The highest BCUT2D eigenvalue weighted by molar-refractivity contribution is 6.04. The molecule has 0 aliphatic heterocycles. The lowest BCUT2D eigenvalue weighted by Gasteiger charge is -2.11. The van der Waals surface area contributed by atoms with Crippen LogP contribution in [0.15, 0.2) is 36.4 Å². The molecule has 7 heteroatoms. The summed E-state index contributed by atoms with van der Waals surface area (Å²) < 4.78 is 38.0. The third-order valence-corrected chi connectivity index (χ3v) is 3.04. The maximum Gasteiger partial charge on any atom is 0.416 e. The first-order chi connectivity index (χ1) is 10.2. The summed E-state index contributed by atoms with van der Waals surface area (Å²) in [5, 5.41) is 11.8. The van der Waals surface area contributed by atoms with Gasteiger partial charge in [-0.1, -0.05) is 6.07 Å². The van der Waals surface area contributed by atoms with Crippen molar-refractivity contribution < 1.29 is 23.1 Å². The molecule has 0 aromatic heterocycles. The molecule has 0 aliphatic rings. The molecular weight excluding hydrogens is 297 g/mol. The van der Waals surface area contributed by atoms with Crippen molar-refractivity contribution in [3.05, 3.63) is 53.1 Å². The van der Waals surface area contributed by atoms with Gasteiger partial charge in [-0.25, -0.2) is 0 Å². The number of aryl methyl sites for hydroxylation is 1. The number of hydrogen-bond acceptors (Lipinski definition) is 3. The summed E-state index contributed by atoms with van der Waals surface area (Å²) >= 11 is 0. The number of nitrogens with two attached hydrogens (primary N) is 1. The quantitative estimate of drug-likeness (QED) is 0.742. The molecule has 22 heavy (non-hydrogen) atoms. The maximum atomic E-state index is 12.7. The Bertz CT molecular complexity index is 727. The molecule has 0 spiro atoms. The SMILES string of the molecule is Cc1ccc(NC(=O)c2cc(O)cc(C(F)(F)F)c2)cc1N. The normalized spacial score (nSPS) is 11.3. The largest absolute Gasteiger partial charge is 0.508 e. The number of rotatable bonds is 2. The number of carbonyl (C=O) groups is 1. The van der Waals surface area contributed by atoms with E-state index >= 15 is 0 Å². The lowest BCUT2D eigenvalue weighted by atomic mass is 10.1. The second kappa shape index (κ2) is 5.59. The molecule has 0 fully saturated rings. The van der Waals surface area contributed by atoms with Gasteiger partial charge in [-0.05, 0) is 42.8 Å². The van der Waals surface area contributed by atoms with E-state index < -0.39 is 23.4 Å². The van der Waals surface area contributed by atoms with Gasteiger partial charge < -0.3 is 16.2 Å². The summed E-state index contributed by atoms with van der Waals surface area (Å²) in [6.07, 6.45) is -4.65. The van der Waals surface area contributed by atoms with Crippen molar-refractivity contribution in [1.29, 1.82) is 0 Å². The molecule has 0 heterocycles. The average molecular weight is 310 g/mol. The van der Waals surface area contributed by atoms with Gasteiger partial charge in [-0.2, -0.15) is 13.2 Å². The Labute approximate surface area is 124 Å². The van der Waals surface area contributed by atoms with E-state index in [1.807, 2.05) is 0 Å². The number of amides is 1. The van der Waals surface area contributed by atoms with Crippen LogP contribution in [0.4, 0.5) is 24.5 Å². The van der Waals surface area contributed by atoms with E-state index in [9.17, 15) is 23.1 Å². The van der Waals surface area contributed by atoms with Gasteiger partial charge >= 0.3 is 6.18 Å². The molecule has 1 amide bonds. The fourth-order valence-corrected chi connectivity index (χ4v) is 1.83. The second-order valence-corrected chi connectivity index (χ2v) is 4.79. The van der Waals surface area contributed by atoms with Crippen molar-refractivity contribution in [1.82, 2.24) is 0 Å². The number of alkyl halides is 3. The molecule has 0 atom stereocenters. The Morgan fingerprint density at radius 2 is 1.86 bits per heavy atom. The van der Waals surface area contributed by atoms with E-state index in [2.05, 4.69) is 5.32 Å². The third-order valence-electron chi connectivity index (χ3n) is 3.04. The lowest BCUT2D eigenvalue weighted by Crippen LogP contribution is -2.14. The van der Waals surface area contributed by atoms with E-state index in [4.69, 9.17) is 5.73 Å². The monoisotopic (exact) mass is 310 g/mol. The minimum absolute atomic E-state index is 0.300. The first kappa shape index (κ1) is 15.7. The molecule has 0 unspecified atom stereocenters. The topological polar surface area (TPSA) is 75.3 Å². The minimum atomic E-state index is -4.65. The highest BCUT2D eigenvalue weighted by Gasteiger charge is 2.31. The fraction of sp³-hybridized carbons (Fsp3) is 0.133.